The van der Waals surface area contributed by atoms with Gasteiger partial charge in [-0.1, -0.05) is 23.2 Å². The summed E-state index contributed by atoms with van der Waals surface area (Å²) < 4.78 is 1.07. The highest BCUT2D eigenvalue weighted by Gasteiger charge is 2.04. The summed E-state index contributed by atoms with van der Waals surface area (Å²) in [6.07, 6.45) is 0. The van der Waals surface area contributed by atoms with Gasteiger partial charge in [-0.2, -0.15) is 0 Å². The standard InChI is InChI=1S/C11H8Cl2IN3/c12-8-3-6(14)1-2-9(8)16-11-5-7(15)4-10(13)17-11/h1-5H,(H3,15,16,17). The van der Waals surface area contributed by atoms with Crippen LogP contribution in [0.4, 0.5) is 17.2 Å². The van der Waals surface area contributed by atoms with E-state index in [-0.39, 0.29) is 0 Å². The highest BCUT2D eigenvalue weighted by atomic mass is 127. The SMILES string of the molecule is Nc1cc(Cl)nc(Nc2ccc(I)cc2Cl)c1. The van der Waals surface area contributed by atoms with Gasteiger partial charge in [0, 0.05) is 15.3 Å². The van der Waals surface area contributed by atoms with E-state index in [1.165, 1.54) is 0 Å². The minimum Gasteiger partial charge on any atom is -0.399 e. The molecule has 0 aliphatic heterocycles. The second kappa shape index (κ2) is 5.29. The third-order valence-corrected chi connectivity index (χ3v) is 3.19. The molecular formula is C11H8Cl2IN3. The fraction of sp³-hybridized carbons (Fsp3) is 0. The third-order valence-electron chi connectivity index (χ3n) is 2.01. The highest BCUT2D eigenvalue weighted by molar-refractivity contribution is 14.1. The molecule has 0 bridgehead atoms. The van der Waals surface area contributed by atoms with E-state index in [9.17, 15) is 0 Å². The van der Waals surface area contributed by atoms with Crippen LogP contribution in [0.3, 0.4) is 0 Å². The Bertz CT molecular complexity index is 540. The number of halogens is 3. The Kier molecular flexibility index (Phi) is 3.96. The molecule has 3 nitrogen and oxygen atoms in total. The predicted octanol–water partition coefficient (Wildman–Crippen LogP) is 4.32. The number of anilines is 3. The fourth-order valence-electron chi connectivity index (χ4n) is 1.31. The number of benzene rings is 1. The van der Waals surface area contributed by atoms with Crippen LogP contribution in [-0.2, 0) is 0 Å². The monoisotopic (exact) mass is 379 g/mol. The van der Waals surface area contributed by atoms with Crippen molar-refractivity contribution in [3.63, 3.8) is 0 Å². The van der Waals surface area contributed by atoms with Crippen LogP contribution < -0.4 is 11.1 Å². The van der Waals surface area contributed by atoms with Crippen LogP contribution in [0.1, 0.15) is 0 Å². The molecule has 0 atom stereocenters. The molecule has 2 rings (SSSR count). The molecule has 0 spiro atoms. The molecule has 0 radical (unpaired) electrons. The van der Waals surface area contributed by atoms with Crippen molar-refractivity contribution in [3.8, 4) is 0 Å². The largest absolute Gasteiger partial charge is 0.399 e. The summed E-state index contributed by atoms with van der Waals surface area (Å²) in [6.45, 7) is 0. The van der Waals surface area contributed by atoms with Crippen LogP contribution in [0.5, 0.6) is 0 Å². The van der Waals surface area contributed by atoms with E-state index < -0.39 is 0 Å². The van der Waals surface area contributed by atoms with Gasteiger partial charge in [0.15, 0.2) is 0 Å². The zero-order valence-corrected chi connectivity index (χ0v) is 12.2. The molecule has 0 fully saturated rings. The molecule has 1 aromatic heterocycles. The van der Waals surface area contributed by atoms with Gasteiger partial charge in [-0.25, -0.2) is 4.98 Å². The van der Waals surface area contributed by atoms with Gasteiger partial charge >= 0.3 is 0 Å². The first kappa shape index (κ1) is 12.7. The highest BCUT2D eigenvalue weighted by Crippen LogP contribution is 2.27. The molecule has 17 heavy (non-hydrogen) atoms. The Balaban J connectivity index is 2.31. The maximum atomic E-state index is 6.10. The first-order chi connectivity index (χ1) is 8.04. The zero-order chi connectivity index (χ0) is 12.4. The van der Waals surface area contributed by atoms with Gasteiger partial charge in [0.05, 0.1) is 10.7 Å². The van der Waals surface area contributed by atoms with Gasteiger partial charge in [0.1, 0.15) is 11.0 Å². The average Bonchev–Trinajstić information content (AvgIpc) is 2.21. The number of nitrogens with zero attached hydrogens (tertiary/aromatic N) is 1. The predicted molar refractivity (Wildman–Crippen MR) is 81.1 cm³/mol. The zero-order valence-electron chi connectivity index (χ0n) is 8.55. The molecule has 0 saturated heterocycles. The molecule has 6 heteroatoms. The normalized spacial score (nSPS) is 10.3. The number of nitrogen functional groups attached to an aromatic ring is 1. The van der Waals surface area contributed by atoms with E-state index in [0.29, 0.717) is 21.7 Å². The van der Waals surface area contributed by atoms with Gasteiger partial charge in [-0.05, 0) is 46.9 Å². The molecule has 88 valence electrons. The van der Waals surface area contributed by atoms with Crippen LogP contribution in [0.2, 0.25) is 10.2 Å². The Morgan fingerprint density at radius 2 is 1.94 bits per heavy atom. The van der Waals surface area contributed by atoms with Crippen molar-refractivity contribution in [2.75, 3.05) is 11.1 Å². The lowest BCUT2D eigenvalue weighted by atomic mass is 10.3. The van der Waals surface area contributed by atoms with E-state index in [1.54, 1.807) is 12.1 Å². The summed E-state index contributed by atoms with van der Waals surface area (Å²) in [5.41, 5.74) is 6.99. The van der Waals surface area contributed by atoms with Crippen molar-refractivity contribution in [2.45, 2.75) is 0 Å². The lowest BCUT2D eigenvalue weighted by Gasteiger charge is -2.08. The molecule has 0 aliphatic carbocycles. The van der Waals surface area contributed by atoms with E-state index >= 15 is 0 Å². The van der Waals surface area contributed by atoms with Gasteiger partial charge in [-0.3, -0.25) is 0 Å². The first-order valence-corrected chi connectivity index (χ1v) is 6.53. The van der Waals surface area contributed by atoms with Gasteiger partial charge in [0.25, 0.3) is 0 Å². The summed E-state index contributed by atoms with van der Waals surface area (Å²) in [5.74, 6) is 0.568. The van der Waals surface area contributed by atoms with E-state index in [4.69, 9.17) is 28.9 Å². The number of nitrogens with two attached hydrogens (primary N) is 1. The molecule has 3 N–H and O–H groups in total. The van der Waals surface area contributed by atoms with Crippen LogP contribution >= 0.6 is 45.8 Å². The Hall–Kier alpha value is -0.720. The maximum Gasteiger partial charge on any atom is 0.134 e. The van der Waals surface area contributed by atoms with Crippen LogP contribution in [0.15, 0.2) is 30.3 Å². The molecule has 1 heterocycles. The lowest BCUT2D eigenvalue weighted by Crippen LogP contribution is -1.96. The number of hydrogen-bond donors (Lipinski definition) is 2. The quantitative estimate of drug-likeness (QED) is 0.603. The van der Waals surface area contributed by atoms with Crippen molar-refractivity contribution >= 4 is 63.0 Å². The van der Waals surface area contributed by atoms with Crippen molar-refractivity contribution in [1.82, 2.24) is 4.98 Å². The van der Waals surface area contributed by atoms with Crippen LogP contribution in [0, 0.1) is 3.57 Å². The summed E-state index contributed by atoms with van der Waals surface area (Å²) in [5, 5.41) is 4.03. The molecular weight excluding hydrogens is 372 g/mol. The lowest BCUT2D eigenvalue weighted by molar-refractivity contribution is 1.31. The summed E-state index contributed by atoms with van der Waals surface area (Å²) in [4.78, 5) is 4.11. The Labute approximate surface area is 122 Å². The number of nitrogens with one attached hydrogen (secondary N) is 1. The second-order valence-electron chi connectivity index (χ2n) is 3.36. The molecule has 0 unspecified atom stereocenters. The molecule has 1 aromatic carbocycles. The van der Waals surface area contributed by atoms with Gasteiger partial charge in [0.2, 0.25) is 0 Å². The number of pyridine rings is 1. The first-order valence-electron chi connectivity index (χ1n) is 4.70. The maximum absolute atomic E-state index is 6.10. The smallest absolute Gasteiger partial charge is 0.134 e. The van der Waals surface area contributed by atoms with Gasteiger partial charge < -0.3 is 11.1 Å². The fourth-order valence-corrected chi connectivity index (χ4v) is 2.43. The van der Waals surface area contributed by atoms with E-state index in [0.717, 1.165) is 9.26 Å². The van der Waals surface area contributed by atoms with Gasteiger partial charge in [-0.15, -0.1) is 0 Å². The summed E-state index contributed by atoms with van der Waals surface area (Å²) in [7, 11) is 0. The van der Waals surface area contributed by atoms with Crippen LogP contribution in [0.25, 0.3) is 0 Å². The molecule has 0 saturated carbocycles. The minimum atomic E-state index is 0.342. The average molecular weight is 380 g/mol. The molecule has 2 aromatic rings. The summed E-state index contributed by atoms with van der Waals surface area (Å²) in [6, 6.07) is 8.96. The van der Waals surface area contributed by atoms with Crippen molar-refractivity contribution < 1.29 is 0 Å². The van der Waals surface area contributed by atoms with Crippen molar-refractivity contribution in [1.29, 1.82) is 0 Å². The van der Waals surface area contributed by atoms with E-state index in [2.05, 4.69) is 32.9 Å². The topological polar surface area (TPSA) is 50.9 Å². The van der Waals surface area contributed by atoms with Crippen LogP contribution in [-0.4, -0.2) is 4.98 Å². The Morgan fingerprint density at radius 1 is 1.18 bits per heavy atom. The van der Waals surface area contributed by atoms with E-state index in [1.807, 2.05) is 18.2 Å². The Morgan fingerprint density at radius 3 is 2.59 bits per heavy atom. The number of rotatable bonds is 2. The molecule has 0 aliphatic rings. The van der Waals surface area contributed by atoms with Crippen molar-refractivity contribution in [3.05, 3.63) is 44.1 Å². The minimum absolute atomic E-state index is 0.342. The number of aromatic nitrogens is 1. The third kappa shape index (κ3) is 3.37. The summed E-state index contributed by atoms with van der Waals surface area (Å²) >= 11 is 14.1. The number of hydrogen-bond acceptors (Lipinski definition) is 3. The molecule has 0 amide bonds. The second-order valence-corrected chi connectivity index (χ2v) is 5.40. The van der Waals surface area contributed by atoms with Crippen molar-refractivity contribution in [2.24, 2.45) is 0 Å².